The quantitative estimate of drug-likeness (QED) is 0.726. The number of nitrogens with zero attached hydrogens (tertiary/aromatic N) is 1. The van der Waals surface area contributed by atoms with Gasteiger partial charge in [-0.1, -0.05) is 29.8 Å². The summed E-state index contributed by atoms with van der Waals surface area (Å²) in [5, 5.41) is 0. The molecule has 96 valence electrons. The first-order chi connectivity index (χ1) is 8.67. The summed E-state index contributed by atoms with van der Waals surface area (Å²) in [6, 6.07) is 5.36. The van der Waals surface area contributed by atoms with Crippen LogP contribution in [0.2, 0.25) is 0 Å². The highest BCUT2D eigenvalue weighted by Gasteiger charge is 2.28. The summed E-state index contributed by atoms with van der Waals surface area (Å²) in [6.45, 7) is 5.82. The number of rotatable bonds is 0. The first-order valence-corrected chi connectivity index (χ1v) is 6.62. The highest BCUT2D eigenvalue weighted by Crippen LogP contribution is 2.30. The van der Waals surface area contributed by atoms with Crippen molar-refractivity contribution in [3.8, 4) is 5.75 Å². The van der Waals surface area contributed by atoms with Gasteiger partial charge in [-0.05, 0) is 31.2 Å². The molecule has 2 rings (SSSR count). The van der Waals surface area contributed by atoms with Crippen LogP contribution in [0.5, 0.6) is 5.75 Å². The molecule has 0 radical (unpaired) electrons. The van der Waals surface area contributed by atoms with E-state index < -0.39 is 0 Å². The van der Waals surface area contributed by atoms with Gasteiger partial charge in [0.1, 0.15) is 11.5 Å². The molecule has 0 saturated carbocycles. The lowest BCUT2D eigenvalue weighted by Gasteiger charge is -2.19. The lowest BCUT2D eigenvalue weighted by molar-refractivity contribution is 0.105. The van der Waals surface area contributed by atoms with Gasteiger partial charge in [-0.25, -0.2) is 0 Å². The van der Waals surface area contributed by atoms with Gasteiger partial charge in [-0.2, -0.15) is 0 Å². The normalized spacial score (nSPS) is 17.9. The van der Waals surface area contributed by atoms with Crippen LogP contribution < -0.4 is 4.74 Å². The van der Waals surface area contributed by atoms with Gasteiger partial charge in [0, 0.05) is 11.5 Å². The molecule has 0 N–H and O–H groups in total. The molecule has 1 heterocycles. The van der Waals surface area contributed by atoms with Crippen LogP contribution in [0.15, 0.2) is 39.5 Å². The van der Waals surface area contributed by atoms with Gasteiger partial charge >= 0.3 is 0 Å². The van der Waals surface area contributed by atoms with Crippen molar-refractivity contribution in [2.24, 2.45) is 4.99 Å². The molecule has 1 aromatic rings. The Morgan fingerprint density at radius 1 is 1.33 bits per heavy atom. The maximum atomic E-state index is 12.1. The number of Topliss-reactive ketones (excluding diaryl/α,β-unsaturated/α-hetero) is 1. The molecule has 0 bridgehead atoms. The van der Waals surface area contributed by atoms with Gasteiger partial charge in [0.25, 0.3) is 0 Å². The molecular weight excluding hydrogens is 294 g/mol. The van der Waals surface area contributed by atoms with Crippen LogP contribution >= 0.6 is 15.9 Å². The third-order valence-electron chi connectivity index (χ3n) is 2.34. The van der Waals surface area contributed by atoms with E-state index >= 15 is 0 Å². The molecule has 0 atom stereocenters. The number of hydrogen-bond acceptors (Lipinski definition) is 3. The second-order valence-electron chi connectivity index (χ2n) is 3.30. The van der Waals surface area contributed by atoms with E-state index in [-0.39, 0.29) is 5.78 Å². The number of benzene rings is 1. The van der Waals surface area contributed by atoms with E-state index in [0.29, 0.717) is 22.8 Å². The molecule has 3 nitrogen and oxygen atoms in total. The molecular formula is C14H16BrNO2. The number of halogens is 1. The number of fused-ring (bicyclic) bond motifs is 1. The Morgan fingerprint density at radius 2 is 2.00 bits per heavy atom. The first-order valence-electron chi connectivity index (χ1n) is 5.83. The van der Waals surface area contributed by atoms with E-state index in [2.05, 4.69) is 20.9 Å². The van der Waals surface area contributed by atoms with Crippen molar-refractivity contribution in [1.82, 2.24) is 0 Å². The Labute approximate surface area is 116 Å². The van der Waals surface area contributed by atoms with E-state index in [1.807, 2.05) is 26.8 Å². The average molecular weight is 310 g/mol. The molecule has 1 aliphatic heterocycles. The highest BCUT2D eigenvalue weighted by molar-refractivity contribution is 9.10. The number of carbonyl (C=O) groups excluding carboxylic acids is 1. The standard InChI is InChI=1S/C12H10BrNO2.C2H6/c1-3-9-11(14-2)12(15)8-6-7(13)4-5-10(8)16-9;1-2/h3-6H,1-2H3;1-2H3/b9-3+,14-11?;. The lowest BCUT2D eigenvalue weighted by atomic mass is 10.0. The maximum absolute atomic E-state index is 12.1. The molecule has 18 heavy (non-hydrogen) atoms. The fourth-order valence-corrected chi connectivity index (χ4v) is 1.94. The molecule has 0 amide bonds. The topological polar surface area (TPSA) is 38.7 Å². The summed E-state index contributed by atoms with van der Waals surface area (Å²) in [5.74, 6) is 0.995. The largest absolute Gasteiger partial charge is 0.455 e. The molecule has 0 saturated heterocycles. The van der Waals surface area contributed by atoms with Gasteiger partial charge in [0.05, 0.1) is 5.56 Å². The number of allylic oxidation sites excluding steroid dienone is 2. The zero-order chi connectivity index (χ0) is 13.7. The van der Waals surface area contributed by atoms with Crippen LogP contribution in [0.1, 0.15) is 31.1 Å². The molecule has 1 aromatic carbocycles. The Morgan fingerprint density at radius 3 is 2.56 bits per heavy atom. The first kappa shape index (κ1) is 14.6. The van der Waals surface area contributed by atoms with Crippen LogP contribution in [0.3, 0.4) is 0 Å². The molecule has 0 aliphatic carbocycles. The number of ketones is 1. The van der Waals surface area contributed by atoms with Crippen LogP contribution in [0, 0.1) is 0 Å². The SMILES string of the molecule is C/C=C1/Oc2ccc(Br)cc2C(=O)C1=NC.CC. The Hall–Kier alpha value is -1.42. The second-order valence-corrected chi connectivity index (χ2v) is 4.21. The van der Waals surface area contributed by atoms with Crippen molar-refractivity contribution in [1.29, 1.82) is 0 Å². The van der Waals surface area contributed by atoms with E-state index in [4.69, 9.17) is 4.74 Å². The number of ether oxygens (including phenoxy) is 1. The third kappa shape index (κ3) is 2.70. The van der Waals surface area contributed by atoms with Gasteiger partial charge in [0.2, 0.25) is 5.78 Å². The van der Waals surface area contributed by atoms with Gasteiger partial charge in [-0.15, -0.1) is 0 Å². The average Bonchev–Trinajstić information content (AvgIpc) is 2.41. The highest BCUT2D eigenvalue weighted by atomic mass is 79.9. The summed E-state index contributed by atoms with van der Waals surface area (Å²) in [6.07, 6.45) is 1.74. The monoisotopic (exact) mass is 309 g/mol. The molecule has 0 fully saturated rings. The van der Waals surface area contributed by atoms with Crippen molar-refractivity contribution in [2.75, 3.05) is 7.05 Å². The van der Waals surface area contributed by atoms with E-state index in [9.17, 15) is 4.79 Å². The smallest absolute Gasteiger partial charge is 0.218 e. The zero-order valence-electron chi connectivity index (χ0n) is 11.0. The third-order valence-corrected chi connectivity index (χ3v) is 2.83. The van der Waals surface area contributed by atoms with Crippen molar-refractivity contribution in [3.05, 3.63) is 40.1 Å². The van der Waals surface area contributed by atoms with Gasteiger partial charge in [-0.3, -0.25) is 9.79 Å². The maximum Gasteiger partial charge on any atom is 0.218 e. The van der Waals surface area contributed by atoms with Crippen molar-refractivity contribution >= 4 is 27.4 Å². The predicted molar refractivity (Wildman–Crippen MR) is 77.6 cm³/mol. The van der Waals surface area contributed by atoms with Crippen molar-refractivity contribution < 1.29 is 9.53 Å². The molecule has 0 unspecified atom stereocenters. The summed E-state index contributed by atoms with van der Waals surface area (Å²) in [5.41, 5.74) is 0.911. The fourth-order valence-electron chi connectivity index (χ4n) is 1.58. The summed E-state index contributed by atoms with van der Waals surface area (Å²) >= 11 is 3.33. The van der Waals surface area contributed by atoms with Gasteiger partial charge < -0.3 is 4.74 Å². The van der Waals surface area contributed by atoms with Crippen LogP contribution in [0.25, 0.3) is 0 Å². The summed E-state index contributed by atoms with van der Waals surface area (Å²) in [7, 11) is 1.59. The number of aliphatic imine (C=N–C) groups is 1. The Bertz CT molecular complexity index is 519. The van der Waals surface area contributed by atoms with E-state index in [1.54, 1.807) is 25.3 Å². The van der Waals surface area contributed by atoms with Crippen molar-refractivity contribution in [2.45, 2.75) is 20.8 Å². The minimum Gasteiger partial charge on any atom is -0.455 e. The predicted octanol–water partition coefficient (Wildman–Crippen LogP) is 4.03. The second kappa shape index (κ2) is 6.50. The molecule has 1 aliphatic rings. The fraction of sp³-hybridized carbons (Fsp3) is 0.286. The minimum atomic E-state index is -0.0989. The molecule has 0 aromatic heterocycles. The number of carbonyl (C=O) groups is 1. The van der Waals surface area contributed by atoms with Crippen LogP contribution in [0.4, 0.5) is 0 Å². The Kier molecular flexibility index (Phi) is 5.28. The van der Waals surface area contributed by atoms with Crippen molar-refractivity contribution in [3.63, 3.8) is 0 Å². The van der Waals surface area contributed by atoms with E-state index in [1.165, 1.54) is 0 Å². The molecule has 4 heteroatoms. The Balaban J connectivity index is 0.000000771. The van der Waals surface area contributed by atoms with E-state index in [0.717, 1.165) is 4.47 Å². The lowest BCUT2D eigenvalue weighted by Crippen LogP contribution is -2.26. The minimum absolute atomic E-state index is 0.0989. The number of hydrogen-bond donors (Lipinski definition) is 0. The zero-order valence-corrected chi connectivity index (χ0v) is 12.5. The van der Waals surface area contributed by atoms with Crippen LogP contribution in [-0.2, 0) is 0 Å². The van der Waals surface area contributed by atoms with Crippen LogP contribution in [-0.4, -0.2) is 18.5 Å². The summed E-state index contributed by atoms with van der Waals surface area (Å²) in [4.78, 5) is 16.1. The van der Waals surface area contributed by atoms with Gasteiger partial charge in [0.15, 0.2) is 5.76 Å². The summed E-state index contributed by atoms with van der Waals surface area (Å²) < 4.78 is 6.45. The molecule has 0 spiro atoms.